The number of halogens is 1. The number of rotatable bonds is 2. The second kappa shape index (κ2) is 5.27. The highest BCUT2D eigenvalue weighted by Crippen LogP contribution is 2.33. The van der Waals surface area contributed by atoms with E-state index in [4.69, 9.17) is 10.8 Å². The van der Waals surface area contributed by atoms with Gasteiger partial charge < -0.3 is 15.7 Å². The molecule has 0 spiro atoms. The normalized spacial score (nSPS) is 17.5. The third-order valence-corrected chi connectivity index (χ3v) is 4.18. The van der Waals surface area contributed by atoms with Crippen LogP contribution in [0.3, 0.4) is 0 Å². The van der Waals surface area contributed by atoms with Gasteiger partial charge in [0.05, 0.1) is 5.69 Å². The van der Waals surface area contributed by atoms with Crippen LogP contribution in [0.4, 0.5) is 11.4 Å². The first kappa shape index (κ1) is 12.7. The molecule has 1 aromatic carbocycles. The number of piperidine rings is 1. The molecule has 17 heavy (non-hydrogen) atoms. The van der Waals surface area contributed by atoms with E-state index in [0.29, 0.717) is 12.5 Å². The lowest BCUT2D eigenvalue weighted by Crippen LogP contribution is -2.35. The van der Waals surface area contributed by atoms with Gasteiger partial charge in [-0.05, 0) is 59.3 Å². The number of nitrogen functional groups attached to an aromatic ring is 1. The molecule has 0 aromatic heterocycles. The van der Waals surface area contributed by atoms with Gasteiger partial charge in [-0.3, -0.25) is 0 Å². The number of nitrogens with zero attached hydrogens (tertiary/aromatic N) is 1. The maximum Gasteiger partial charge on any atom is 0.0514 e. The summed E-state index contributed by atoms with van der Waals surface area (Å²) in [5.74, 6) is 0.472. The Labute approximate surface area is 111 Å². The zero-order valence-corrected chi connectivity index (χ0v) is 11.7. The minimum Gasteiger partial charge on any atom is -0.398 e. The second-order valence-corrected chi connectivity index (χ2v) is 5.63. The van der Waals surface area contributed by atoms with E-state index in [1.807, 2.05) is 13.0 Å². The van der Waals surface area contributed by atoms with Gasteiger partial charge in [0, 0.05) is 29.9 Å². The van der Waals surface area contributed by atoms with Gasteiger partial charge in [0.15, 0.2) is 0 Å². The highest BCUT2D eigenvalue weighted by molar-refractivity contribution is 9.10. The first-order chi connectivity index (χ1) is 8.11. The third kappa shape index (κ3) is 2.75. The molecule has 0 unspecified atom stereocenters. The lowest BCUT2D eigenvalue weighted by Gasteiger charge is -2.33. The Morgan fingerprint density at radius 2 is 2.06 bits per heavy atom. The van der Waals surface area contributed by atoms with Gasteiger partial charge in [-0.1, -0.05) is 0 Å². The van der Waals surface area contributed by atoms with Crippen molar-refractivity contribution in [2.75, 3.05) is 30.3 Å². The van der Waals surface area contributed by atoms with Gasteiger partial charge in [0.2, 0.25) is 0 Å². The Bertz CT molecular complexity index is 401. The number of aryl methyl sites for hydroxylation is 1. The van der Waals surface area contributed by atoms with Crippen molar-refractivity contribution in [3.63, 3.8) is 0 Å². The van der Waals surface area contributed by atoms with Crippen LogP contribution in [0.25, 0.3) is 0 Å². The molecule has 1 heterocycles. The predicted molar refractivity (Wildman–Crippen MR) is 75.3 cm³/mol. The number of aliphatic hydroxyl groups excluding tert-OH is 1. The smallest absolute Gasteiger partial charge is 0.0514 e. The van der Waals surface area contributed by atoms with Crippen LogP contribution in [0.1, 0.15) is 18.4 Å². The molecule has 0 atom stereocenters. The minimum absolute atomic E-state index is 0.315. The molecule has 1 fully saturated rings. The third-order valence-electron chi connectivity index (χ3n) is 3.55. The van der Waals surface area contributed by atoms with Crippen LogP contribution >= 0.6 is 15.9 Å². The van der Waals surface area contributed by atoms with E-state index in [2.05, 4.69) is 26.9 Å². The highest BCUT2D eigenvalue weighted by atomic mass is 79.9. The van der Waals surface area contributed by atoms with E-state index >= 15 is 0 Å². The zero-order chi connectivity index (χ0) is 12.4. The fourth-order valence-electron chi connectivity index (χ4n) is 2.28. The van der Waals surface area contributed by atoms with E-state index in [1.54, 1.807) is 0 Å². The van der Waals surface area contributed by atoms with E-state index in [9.17, 15) is 0 Å². The van der Waals surface area contributed by atoms with Gasteiger partial charge in [0.25, 0.3) is 0 Å². The van der Waals surface area contributed by atoms with Gasteiger partial charge in [-0.25, -0.2) is 0 Å². The Balaban J connectivity index is 2.16. The average molecular weight is 299 g/mol. The number of hydrogen-bond donors (Lipinski definition) is 2. The number of anilines is 2. The van der Waals surface area contributed by atoms with Gasteiger partial charge >= 0.3 is 0 Å². The van der Waals surface area contributed by atoms with E-state index < -0.39 is 0 Å². The van der Waals surface area contributed by atoms with Crippen LogP contribution in [-0.4, -0.2) is 24.8 Å². The monoisotopic (exact) mass is 298 g/mol. The van der Waals surface area contributed by atoms with Gasteiger partial charge in [-0.15, -0.1) is 0 Å². The van der Waals surface area contributed by atoms with Crippen LogP contribution in [0.2, 0.25) is 0 Å². The zero-order valence-electron chi connectivity index (χ0n) is 10.1. The van der Waals surface area contributed by atoms with Crippen molar-refractivity contribution in [2.24, 2.45) is 5.92 Å². The molecule has 0 bridgehead atoms. The van der Waals surface area contributed by atoms with Crippen molar-refractivity contribution in [3.05, 3.63) is 22.2 Å². The molecule has 3 nitrogen and oxygen atoms in total. The van der Waals surface area contributed by atoms with Gasteiger partial charge in [0.1, 0.15) is 0 Å². The molecule has 3 N–H and O–H groups in total. The van der Waals surface area contributed by atoms with Crippen molar-refractivity contribution in [3.8, 4) is 0 Å². The van der Waals surface area contributed by atoms with E-state index in [0.717, 1.165) is 41.7 Å². The van der Waals surface area contributed by atoms with Crippen LogP contribution < -0.4 is 10.6 Å². The standard InChI is InChI=1S/C13H19BrN2O/c1-9-6-13(11(14)7-12(9)15)16-4-2-10(8-17)3-5-16/h6-7,10,17H,2-5,8,15H2,1H3. The van der Waals surface area contributed by atoms with Crippen LogP contribution in [0.15, 0.2) is 16.6 Å². The SMILES string of the molecule is Cc1cc(N2CCC(CO)CC2)c(Br)cc1N. The maximum absolute atomic E-state index is 9.14. The largest absolute Gasteiger partial charge is 0.398 e. The minimum atomic E-state index is 0.315. The Morgan fingerprint density at radius 3 is 2.65 bits per heavy atom. The summed E-state index contributed by atoms with van der Waals surface area (Å²) in [6.07, 6.45) is 2.12. The number of hydrogen-bond acceptors (Lipinski definition) is 3. The lowest BCUT2D eigenvalue weighted by atomic mass is 9.97. The topological polar surface area (TPSA) is 49.5 Å². The molecule has 0 aliphatic carbocycles. The first-order valence-corrected chi connectivity index (χ1v) is 6.82. The predicted octanol–water partition coefficient (Wildman–Crippen LogP) is 2.55. The number of nitrogens with two attached hydrogens (primary N) is 1. The van der Waals surface area contributed by atoms with Crippen molar-refractivity contribution < 1.29 is 5.11 Å². The number of aliphatic hydroxyl groups is 1. The molecule has 94 valence electrons. The molecule has 1 aliphatic rings. The molecule has 1 aromatic rings. The van der Waals surface area contributed by atoms with Crippen molar-refractivity contribution in [1.82, 2.24) is 0 Å². The maximum atomic E-state index is 9.14. The molecule has 1 aliphatic heterocycles. The fraction of sp³-hybridized carbons (Fsp3) is 0.538. The lowest BCUT2D eigenvalue weighted by molar-refractivity contribution is 0.203. The molecular formula is C13H19BrN2O. The van der Waals surface area contributed by atoms with Crippen molar-refractivity contribution >= 4 is 27.3 Å². The molecule has 0 saturated carbocycles. The van der Waals surface area contributed by atoms with E-state index in [1.165, 1.54) is 5.69 Å². The molecule has 2 rings (SSSR count). The molecule has 4 heteroatoms. The Morgan fingerprint density at radius 1 is 1.41 bits per heavy atom. The summed E-state index contributed by atoms with van der Waals surface area (Å²) >= 11 is 3.58. The first-order valence-electron chi connectivity index (χ1n) is 6.03. The summed E-state index contributed by atoms with van der Waals surface area (Å²) in [7, 11) is 0. The van der Waals surface area contributed by atoms with Crippen LogP contribution in [-0.2, 0) is 0 Å². The summed E-state index contributed by atoms with van der Waals surface area (Å²) in [4.78, 5) is 2.36. The van der Waals surface area contributed by atoms with Crippen LogP contribution in [0, 0.1) is 12.8 Å². The quantitative estimate of drug-likeness (QED) is 0.825. The number of benzene rings is 1. The highest BCUT2D eigenvalue weighted by Gasteiger charge is 2.20. The van der Waals surface area contributed by atoms with Crippen molar-refractivity contribution in [1.29, 1.82) is 0 Å². The molecule has 0 amide bonds. The van der Waals surface area contributed by atoms with Gasteiger partial charge in [-0.2, -0.15) is 0 Å². The van der Waals surface area contributed by atoms with E-state index in [-0.39, 0.29) is 0 Å². The second-order valence-electron chi connectivity index (χ2n) is 4.77. The summed E-state index contributed by atoms with van der Waals surface area (Å²) in [6, 6.07) is 4.11. The Kier molecular flexibility index (Phi) is 3.94. The Hall–Kier alpha value is -0.740. The molecular weight excluding hydrogens is 280 g/mol. The summed E-state index contributed by atoms with van der Waals surface area (Å²) in [5, 5.41) is 9.14. The molecule has 1 saturated heterocycles. The van der Waals surface area contributed by atoms with Crippen LogP contribution in [0.5, 0.6) is 0 Å². The summed E-state index contributed by atoms with van der Waals surface area (Å²) in [6.45, 7) is 4.36. The molecule has 0 radical (unpaired) electrons. The summed E-state index contributed by atoms with van der Waals surface area (Å²) < 4.78 is 1.06. The average Bonchev–Trinajstić information content (AvgIpc) is 2.34. The summed E-state index contributed by atoms with van der Waals surface area (Å²) in [5.41, 5.74) is 9.04. The van der Waals surface area contributed by atoms with Crippen molar-refractivity contribution in [2.45, 2.75) is 19.8 Å². The fourth-order valence-corrected chi connectivity index (χ4v) is 2.89.